The zero-order valence-corrected chi connectivity index (χ0v) is 17.4. The fourth-order valence-electron chi connectivity index (χ4n) is 3.84. The summed E-state index contributed by atoms with van der Waals surface area (Å²) in [5.41, 5.74) is 3.15. The standard InChI is InChI=1S/C25H26FN3O2/c26-22-13-20(25(30)31-17-18-7-3-1-4-8-18)11-12-23(22)28-14-21-15-29-24(16-27-21)19-9-5-2-6-10-19/h1,3-4,7-8,11-13,15-16,19,28H,2,5-6,9-10,14,17H2. The molecule has 5 nitrogen and oxygen atoms in total. The predicted octanol–water partition coefficient (Wildman–Crippen LogP) is 5.63. The number of nitrogens with one attached hydrogen (secondary N) is 1. The van der Waals surface area contributed by atoms with E-state index >= 15 is 0 Å². The minimum absolute atomic E-state index is 0.150. The van der Waals surface area contributed by atoms with Gasteiger partial charge in [0.15, 0.2) is 0 Å². The highest BCUT2D eigenvalue weighted by Gasteiger charge is 2.17. The maximum Gasteiger partial charge on any atom is 0.338 e. The van der Waals surface area contributed by atoms with E-state index in [0.717, 1.165) is 17.0 Å². The molecule has 0 spiro atoms. The minimum atomic E-state index is -0.557. The first-order valence-corrected chi connectivity index (χ1v) is 10.7. The van der Waals surface area contributed by atoms with Crippen LogP contribution >= 0.6 is 0 Å². The molecule has 3 aromatic rings. The SMILES string of the molecule is O=C(OCc1ccccc1)c1ccc(NCc2cnc(C3CCCCC3)cn2)c(F)c1. The number of ether oxygens (including phenoxy) is 1. The summed E-state index contributed by atoms with van der Waals surface area (Å²) in [5, 5.41) is 3.02. The van der Waals surface area contributed by atoms with Crippen LogP contribution in [0.2, 0.25) is 0 Å². The van der Waals surface area contributed by atoms with E-state index in [-0.39, 0.29) is 12.2 Å². The number of carbonyl (C=O) groups is 1. The zero-order valence-electron chi connectivity index (χ0n) is 17.4. The molecule has 0 unspecified atom stereocenters. The van der Waals surface area contributed by atoms with Crippen molar-refractivity contribution in [2.75, 3.05) is 5.32 Å². The summed E-state index contributed by atoms with van der Waals surface area (Å²) < 4.78 is 19.7. The lowest BCUT2D eigenvalue weighted by molar-refractivity contribution is 0.0472. The number of benzene rings is 2. The largest absolute Gasteiger partial charge is 0.457 e. The summed E-state index contributed by atoms with van der Waals surface area (Å²) in [6, 6.07) is 13.6. The van der Waals surface area contributed by atoms with Crippen molar-refractivity contribution < 1.29 is 13.9 Å². The number of aromatic nitrogens is 2. The summed E-state index contributed by atoms with van der Waals surface area (Å²) in [6.07, 6.45) is 9.77. The lowest BCUT2D eigenvalue weighted by Crippen LogP contribution is -2.10. The van der Waals surface area contributed by atoms with Gasteiger partial charge in [-0.15, -0.1) is 0 Å². The van der Waals surface area contributed by atoms with Crippen molar-refractivity contribution in [3.63, 3.8) is 0 Å². The first-order valence-electron chi connectivity index (χ1n) is 10.7. The van der Waals surface area contributed by atoms with Gasteiger partial charge in [0.25, 0.3) is 0 Å². The van der Waals surface area contributed by atoms with Gasteiger partial charge in [-0.1, -0.05) is 49.6 Å². The van der Waals surface area contributed by atoms with Crippen molar-refractivity contribution in [2.24, 2.45) is 0 Å². The van der Waals surface area contributed by atoms with E-state index in [9.17, 15) is 9.18 Å². The predicted molar refractivity (Wildman–Crippen MR) is 117 cm³/mol. The maximum atomic E-state index is 14.5. The Morgan fingerprint density at radius 1 is 1.03 bits per heavy atom. The van der Waals surface area contributed by atoms with E-state index in [2.05, 4.69) is 15.3 Å². The normalized spacial score (nSPS) is 14.2. The van der Waals surface area contributed by atoms with Gasteiger partial charge in [0, 0.05) is 12.1 Å². The molecule has 1 aromatic heterocycles. The van der Waals surface area contributed by atoms with E-state index in [4.69, 9.17) is 4.74 Å². The van der Waals surface area contributed by atoms with Crippen LogP contribution in [0.3, 0.4) is 0 Å². The summed E-state index contributed by atoms with van der Waals surface area (Å²) in [7, 11) is 0. The first-order chi connectivity index (χ1) is 15.2. The monoisotopic (exact) mass is 419 g/mol. The molecule has 0 amide bonds. The summed E-state index contributed by atoms with van der Waals surface area (Å²) in [6.45, 7) is 0.503. The van der Waals surface area contributed by atoms with E-state index in [1.54, 1.807) is 12.3 Å². The third kappa shape index (κ3) is 5.66. The number of esters is 1. The molecule has 0 saturated heterocycles. The number of nitrogens with zero attached hydrogens (tertiary/aromatic N) is 2. The third-order valence-corrected chi connectivity index (χ3v) is 5.63. The quantitative estimate of drug-likeness (QED) is 0.503. The van der Waals surface area contributed by atoms with Gasteiger partial charge in [-0.05, 0) is 36.6 Å². The molecule has 0 atom stereocenters. The Morgan fingerprint density at radius 2 is 1.84 bits per heavy atom. The van der Waals surface area contributed by atoms with Crippen LogP contribution in [0.4, 0.5) is 10.1 Å². The molecule has 160 valence electrons. The van der Waals surface area contributed by atoms with Crippen LogP contribution in [0.15, 0.2) is 60.9 Å². The second kappa shape index (κ2) is 10.2. The summed E-state index contributed by atoms with van der Waals surface area (Å²) in [5.74, 6) is -0.561. The van der Waals surface area contributed by atoms with Crippen molar-refractivity contribution in [3.8, 4) is 0 Å². The molecule has 1 aliphatic carbocycles. The molecule has 31 heavy (non-hydrogen) atoms. The topological polar surface area (TPSA) is 64.1 Å². The van der Waals surface area contributed by atoms with Crippen LogP contribution in [0, 0.1) is 5.82 Å². The lowest BCUT2D eigenvalue weighted by Gasteiger charge is -2.20. The van der Waals surface area contributed by atoms with Gasteiger partial charge in [-0.3, -0.25) is 9.97 Å². The number of anilines is 1. The Hall–Kier alpha value is -3.28. The van der Waals surface area contributed by atoms with Gasteiger partial charge in [0.05, 0.1) is 35.4 Å². The van der Waals surface area contributed by atoms with E-state index in [1.165, 1.54) is 44.2 Å². The number of rotatable bonds is 7. The minimum Gasteiger partial charge on any atom is -0.457 e. The molecule has 0 radical (unpaired) electrons. The van der Waals surface area contributed by atoms with Gasteiger partial charge >= 0.3 is 5.97 Å². The van der Waals surface area contributed by atoms with Crippen LogP contribution in [-0.2, 0) is 17.9 Å². The number of hydrogen-bond acceptors (Lipinski definition) is 5. The summed E-state index contributed by atoms with van der Waals surface area (Å²) >= 11 is 0. The molecule has 1 saturated carbocycles. The lowest BCUT2D eigenvalue weighted by atomic mass is 9.87. The second-order valence-corrected chi connectivity index (χ2v) is 7.88. The van der Waals surface area contributed by atoms with Gasteiger partial charge in [0.2, 0.25) is 0 Å². The van der Waals surface area contributed by atoms with Crippen LogP contribution in [0.25, 0.3) is 0 Å². The Bertz CT molecular complexity index is 1000. The highest BCUT2D eigenvalue weighted by Crippen LogP contribution is 2.31. The number of halogens is 1. The van der Waals surface area contributed by atoms with Crippen LogP contribution in [0.1, 0.15) is 65.3 Å². The number of carbonyl (C=O) groups excluding carboxylic acids is 1. The van der Waals surface area contributed by atoms with E-state index in [0.29, 0.717) is 18.2 Å². The molecule has 2 aromatic carbocycles. The van der Waals surface area contributed by atoms with Crippen molar-refractivity contribution in [1.29, 1.82) is 0 Å². The highest BCUT2D eigenvalue weighted by atomic mass is 19.1. The Balaban J connectivity index is 1.31. The molecule has 0 aliphatic heterocycles. The molecule has 4 rings (SSSR count). The molecule has 1 aliphatic rings. The van der Waals surface area contributed by atoms with Crippen LogP contribution in [-0.4, -0.2) is 15.9 Å². The zero-order chi connectivity index (χ0) is 21.5. The van der Waals surface area contributed by atoms with Crippen molar-refractivity contribution >= 4 is 11.7 Å². The Kier molecular flexibility index (Phi) is 6.87. The summed E-state index contributed by atoms with van der Waals surface area (Å²) in [4.78, 5) is 21.2. The average Bonchev–Trinajstić information content (AvgIpc) is 2.83. The average molecular weight is 420 g/mol. The molecule has 1 fully saturated rings. The molecule has 6 heteroatoms. The van der Waals surface area contributed by atoms with Gasteiger partial charge in [-0.2, -0.15) is 0 Å². The first kappa shape index (κ1) is 21.0. The van der Waals surface area contributed by atoms with Crippen molar-refractivity contribution in [1.82, 2.24) is 9.97 Å². The van der Waals surface area contributed by atoms with Crippen molar-refractivity contribution in [2.45, 2.75) is 51.2 Å². The van der Waals surface area contributed by atoms with Crippen molar-refractivity contribution in [3.05, 3.63) is 89.3 Å². The second-order valence-electron chi connectivity index (χ2n) is 7.88. The highest BCUT2D eigenvalue weighted by molar-refractivity contribution is 5.89. The number of hydrogen-bond donors (Lipinski definition) is 1. The molecule has 1 N–H and O–H groups in total. The fourth-order valence-corrected chi connectivity index (χ4v) is 3.84. The fraction of sp³-hybridized carbons (Fsp3) is 0.320. The maximum absolute atomic E-state index is 14.5. The Labute approximate surface area is 181 Å². The third-order valence-electron chi connectivity index (χ3n) is 5.63. The molecular weight excluding hydrogens is 393 g/mol. The molecule has 0 bridgehead atoms. The van der Waals surface area contributed by atoms with Gasteiger partial charge < -0.3 is 10.1 Å². The van der Waals surface area contributed by atoms with E-state index in [1.807, 2.05) is 36.5 Å². The smallest absolute Gasteiger partial charge is 0.338 e. The Morgan fingerprint density at radius 3 is 2.55 bits per heavy atom. The van der Waals surface area contributed by atoms with Gasteiger partial charge in [-0.25, -0.2) is 9.18 Å². The van der Waals surface area contributed by atoms with Crippen LogP contribution in [0.5, 0.6) is 0 Å². The van der Waals surface area contributed by atoms with E-state index < -0.39 is 11.8 Å². The molecule has 1 heterocycles. The molecular formula is C25H26FN3O2. The van der Waals surface area contributed by atoms with Gasteiger partial charge in [0.1, 0.15) is 12.4 Å². The van der Waals surface area contributed by atoms with Crippen LogP contribution < -0.4 is 5.32 Å².